The van der Waals surface area contributed by atoms with E-state index in [1.165, 1.54) is 22.2 Å². The van der Waals surface area contributed by atoms with Gasteiger partial charge in [0.25, 0.3) is 20.1 Å². The molecule has 0 bridgehead atoms. The summed E-state index contributed by atoms with van der Waals surface area (Å²) in [6.07, 6.45) is 0. The van der Waals surface area contributed by atoms with Crippen LogP contribution in [0, 0.1) is 91.5 Å². The van der Waals surface area contributed by atoms with Crippen molar-refractivity contribution in [2.45, 2.75) is 62.3 Å². The highest BCUT2D eigenvalue weighted by Gasteiger charge is 2.50. The molecule has 0 saturated carbocycles. The van der Waals surface area contributed by atoms with Crippen LogP contribution in [0.2, 0.25) is 0 Å². The number of nitrogens with one attached hydrogen (secondary N) is 1. The average Bonchev–Trinajstić information content (AvgIpc) is 0.688. The Morgan fingerprint density at radius 3 is 1.39 bits per heavy atom. The first-order chi connectivity index (χ1) is 43.7. The SMILES string of the molecule is [C-]#[N+]c1cc2c3c(c1)N(c1c(C)cc(C)cc1C)c1cc4c(cc1B3c1ccccc1O2)B1c2cc3c(cc2N(c2c(C)cc(C)cc2C)c2cc(C#N)cc(c21)N4c1c(C)cc(C)cc1C)Nc1cc(C#N)cc2c1B3c1ccccc1N2c1ccccc1. The van der Waals surface area contributed by atoms with Gasteiger partial charge in [-0.2, -0.15) is 10.5 Å². The van der Waals surface area contributed by atoms with Crippen LogP contribution in [-0.4, -0.2) is 20.1 Å². The molecule has 0 amide bonds. The fourth-order valence-corrected chi connectivity index (χ4v) is 16.8. The van der Waals surface area contributed by atoms with E-state index in [0.717, 1.165) is 162 Å². The quantitative estimate of drug-likeness (QED) is 0.138. The van der Waals surface area contributed by atoms with Crippen molar-refractivity contribution in [1.82, 2.24) is 0 Å². The molecule has 0 aliphatic carbocycles. The van der Waals surface area contributed by atoms with Crippen molar-refractivity contribution in [2.24, 2.45) is 0 Å². The molecule has 11 aromatic rings. The summed E-state index contributed by atoms with van der Waals surface area (Å²) in [6, 6.07) is 68.8. The van der Waals surface area contributed by atoms with Gasteiger partial charge in [0.1, 0.15) is 11.5 Å². The highest BCUT2D eigenvalue weighted by Crippen LogP contribution is 2.52. The third kappa shape index (κ3) is 7.38. The van der Waals surface area contributed by atoms with Gasteiger partial charge in [-0.1, -0.05) is 120 Å². The third-order valence-corrected chi connectivity index (χ3v) is 19.8. The first kappa shape index (κ1) is 53.2. The van der Waals surface area contributed by atoms with Crippen molar-refractivity contribution in [3.05, 3.63) is 249 Å². The Labute approximate surface area is 526 Å². The van der Waals surface area contributed by atoms with Gasteiger partial charge in [0.2, 0.25) is 0 Å². The summed E-state index contributed by atoms with van der Waals surface area (Å²) >= 11 is 0. The Kier molecular flexibility index (Phi) is 11.3. The predicted octanol–water partition coefficient (Wildman–Crippen LogP) is 13.6. The smallest absolute Gasteiger partial charge is 0.256 e. The Hall–Kier alpha value is -11.1. The number of aryl methyl sites for hydroxylation is 9. The number of para-hydroxylation sites is 3. The standard InChI is InChI=1S/C78H57B3N8O/c1-42-24-45(4)76(46(5)25-42)87-64-38-61-57(79-55-20-14-16-22-63(55)86(54-18-12-11-13-19-54)67-31-51(40-82)30-62(85-61)73(67)79)36-58(64)81-60-37-59-65(39-66(60)88(77-47(6)26-43(2)27-48(77)7)69-33-52(41-83)32-68(87)74(69)81)89(78-49(8)28-44(3)29-50(78)9)70-34-53(84-10)35-72-75(70)80(59)56-21-15-17-23-71(56)90-72/h11-39,85H,1-9H3. The number of nitriles is 2. The summed E-state index contributed by atoms with van der Waals surface area (Å²) in [6.45, 7) is 27.4. The maximum Gasteiger partial charge on any atom is 0.256 e. The lowest BCUT2D eigenvalue weighted by atomic mass is 9.29. The van der Waals surface area contributed by atoms with Crippen molar-refractivity contribution in [3.63, 3.8) is 0 Å². The number of hydrogen-bond donors (Lipinski definition) is 1. The molecule has 0 spiro atoms. The van der Waals surface area contributed by atoms with Crippen molar-refractivity contribution in [2.75, 3.05) is 24.9 Å². The molecule has 0 radical (unpaired) electrons. The molecule has 0 saturated heterocycles. The number of anilines is 14. The Morgan fingerprint density at radius 2 is 0.833 bits per heavy atom. The average molecular weight is 1150 g/mol. The molecule has 0 fully saturated rings. The van der Waals surface area contributed by atoms with Crippen molar-refractivity contribution in [1.29, 1.82) is 10.5 Å². The first-order valence-corrected chi connectivity index (χ1v) is 30.9. The first-order valence-electron chi connectivity index (χ1n) is 30.9. The number of rotatable bonds is 4. The Morgan fingerprint density at radius 1 is 0.378 bits per heavy atom. The molecular formula is C78H57B3N8O. The minimum absolute atomic E-state index is 0.219. The fraction of sp³-hybridized carbons (Fsp3) is 0.115. The van der Waals surface area contributed by atoms with Gasteiger partial charge in [-0.25, -0.2) is 4.85 Å². The van der Waals surface area contributed by atoms with Crippen LogP contribution in [0.3, 0.4) is 0 Å². The molecule has 0 unspecified atom stereocenters. The molecule has 0 aromatic heterocycles. The van der Waals surface area contributed by atoms with Gasteiger partial charge in [-0.15, -0.1) is 0 Å². The molecule has 6 aliphatic rings. The summed E-state index contributed by atoms with van der Waals surface area (Å²) in [4.78, 5) is 13.8. The fourth-order valence-electron chi connectivity index (χ4n) is 16.8. The van der Waals surface area contributed by atoms with Crippen LogP contribution >= 0.6 is 0 Å². The van der Waals surface area contributed by atoms with E-state index in [-0.39, 0.29) is 20.1 Å². The van der Waals surface area contributed by atoms with Gasteiger partial charge in [0.15, 0.2) is 5.69 Å². The molecule has 6 aliphatic heterocycles. The summed E-state index contributed by atoms with van der Waals surface area (Å²) in [5, 5.41) is 26.3. The van der Waals surface area contributed by atoms with Crippen molar-refractivity contribution >= 4 is 155 Å². The molecule has 11 aromatic carbocycles. The number of ether oxygens (including phenoxy) is 1. The van der Waals surface area contributed by atoms with Gasteiger partial charge in [-0.3, -0.25) is 0 Å². The van der Waals surface area contributed by atoms with E-state index in [0.29, 0.717) is 22.6 Å². The van der Waals surface area contributed by atoms with Crippen LogP contribution in [-0.2, 0) is 0 Å². The Bertz CT molecular complexity index is 5180. The van der Waals surface area contributed by atoms with E-state index in [2.05, 4.69) is 256 Å². The summed E-state index contributed by atoms with van der Waals surface area (Å²) in [5.41, 5.74) is 35.9. The highest BCUT2D eigenvalue weighted by atomic mass is 16.5. The molecule has 1 N–H and O–H groups in total. The topological polar surface area (TPSA) is 86.2 Å². The van der Waals surface area contributed by atoms with Crippen LogP contribution in [0.25, 0.3) is 4.85 Å². The van der Waals surface area contributed by atoms with Gasteiger partial charge in [-0.05, 0) is 218 Å². The van der Waals surface area contributed by atoms with Crippen LogP contribution in [0.5, 0.6) is 11.5 Å². The number of nitrogens with zero attached hydrogens (tertiary/aromatic N) is 7. The zero-order valence-corrected chi connectivity index (χ0v) is 51.5. The summed E-state index contributed by atoms with van der Waals surface area (Å²) in [5.74, 6) is 1.46. The number of hydrogen-bond acceptors (Lipinski definition) is 8. The third-order valence-electron chi connectivity index (χ3n) is 19.8. The molecule has 424 valence electrons. The molecule has 6 heterocycles. The zero-order chi connectivity index (χ0) is 61.4. The number of fused-ring (bicyclic) bond motifs is 12. The second-order valence-electron chi connectivity index (χ2n) is 25.6. The van der Waals surface area contributed by atoms with Crippen molar-refractivity contribution in [3.8, 4) is 23.6 Å². The maximum absolute atomic E-state index is 11.5. The lowest BCUT2D eigenvalue weighted by molar-refractivity contribution is 0.488. The van der Waals surface area contributed by atoms with Crippen LogP contribution < -0.4 is 78.8 Å². The van der Waals surface area contributed by atoms with Gasteiger partial charge in [0.05, 0.1) is 46.9 Å². The van der Waals surface area contributed by atoms with Gasteiger partial charge >= 0.3 is 0 Å². The predicted molar refractivity (Wildman–Crippen MR) is 374 cm³/mol. The molecule has 12 heteroatoms. The molecular weight excluding hydrogens is 1100 g/mol. The van der Waals surface area contributed by atoms with Crippen molar-refractivity contribution < 1.29 is 4.74 Å². The van der Waals surface area contributed by atoms with Crippen LogP contribution in [0.4, 0.5) is 85.3 Å². The van der Waals surface area contributed by atoms with E-state index in [1.54, 1.807) is 0 Å². The molecule has 0 atom stereocenters. The molecule has 17 rings (SSSR count). The second-order valence-corrected chi connectivity index (χ2v) is 25.6. The van der Waals surface area contributed by atoms with E-state index in [9.17, 15) is 10.5 Å². The Balaban J connectivity index is 1.03. The summed E-state index contributed by atoms with van der Waals surface area (Å²) < 4.78 is 6.98. The highest BCUT2D eigenvalue weighted by molar-refractivity contribution is 7.04. The molecule has 90 heavy (non-hydrogen) atoms. The minimum atomic E-state index is -0.369. The van der Waals surface area contributed by atoms with E-state index >= 15 is 0 Å². The lowest BCUT2D eigenvalue weighted by Gasteiger charge is -2.48. The molecule has 9 nitrogen and oxygen atoms in total. The normalized spacial score (nSPS) is 13.6. The summed E-state index contributed by atoms with van der Waals surface area (Å²) in [7, 11) is 0. The maximum atomic E-state index is 11.5. The monoisotopic (exact) mass is 1150 g/mol. The zero-order valence-electron chi connectivity index (χ0n) is 51.5. The lowest BCUT2D eigenvalue weighted by Crippen LogP contribution is -2.66. The minimum Gasteiger partial charge on any atom is -0.460 e. The number of benzene rings is 11. The second kappa shape index (κ2) is 19.2. The van der Waals surface area contributed by atoms with Gasteiger partial charge in [0, 0.05) is 62.6 Å². The van der Waals surface area contributed by atoms with Crippen LogP contribution in [0.1, 0.15) is 61.2 Å². The largest absolute Gasteiger partial charge is 0.460 e. The van der Waals surface area contributed by atoms with E-state index < -0.39 is 0 Å². The van der Waals surface area contributed by atoms with E-state index in [4.69, 9.17) is 11.3 Å². The van der Waals surface area contributed by atoms with Gasteiger partial charge < -0.3 is 29.7 Å². The van der Waals surface area contributed by atoms with E-state index in [1.807, 2.05) is 24.3 Å². The van der Waals surface area contributed by atoms with Crippen LogP contribution in [0.15, 0.2) is 176 Å².